The second-order valence-corrected chi connectivity index (χ2v) is 4.18. The van der Waals surface area contributed by atoms with E-state index in [1.54, 1.807) is 0 Å². The topological polar surface area (TPSA) is 0 Å². The fourth-order valence-corrected chi connectivity index (χ4v) is 1.22. The van der Waals surface area contributed by atoms with Gasteiger partial charge in [0.2, 0.25) is 4.87 Å². The molecule has 0 saturated carbocycles. The van der Waals surface area contributed by atoms with Crippen molar-refractivity contribution in [1.29, 1.82) is 0 Å². The van der Waals surface area contributed by atoms with Gasteiger partial charge in [0.1, 0.15) is 5.38 Å². The highest BCUT2D eigenvalue weighted by molar-refractivity contribution is 6.27. The number of halogens is 11. The van der Waals surface area contributed by atoms with Crippen LogP contribution in [0.5, 0.6) is 0 Å². The largest absolute Gasteiger partial charge is 0.416 e. The summed E-state index contributed by atoms with van der Waals surface area (Å²) in [5.41, 5.74) is 0. The number of hydrogen-bond donors (Lipinski definition) is 0. The molecule has 0 N–H and O–H groups in total. The lowest BCUT2D eigenvalue weighted by Crippen LogP contribution is -2.54. The molecule has 0 saturated heterocycles. The monoisotopic (exact) mass is 316 g/mol. The molecule has 104 valence electrons. The van der Waals surface area contributed by atoms with Gasteiger partial charge in [-0.1, -0.05) is 11.6 Å². The van der Waals surface area contributed by atoms with Crippen molar-refractivity contribution in [1.82, 2.24) is 0 Å². The lowest BCUT2D eigenvalue weighted by atomic mass is 10.0. The third-order valence-electron chi connectivity index (χ3n) is 1.71. The quantitative estimate of drug-likeness (QED) is 0.514. The molecule has 0 aliphatic heterocycles. The first-order valence-electron chi connectivity index (χ1n) is 3.66. The van der Waals surface area contributed by atoms with E-state index in [0.29, 0.717) is 0 Å². The van der Waals surface area contributed by atoms with E-state index in [2.05, 4.69) is 23.2 Å². The average Bonchev–Trinajstić information content (AvgIpc) is 1.97. The molecule has 0 aliphatic rings. The minimum Gasteiger partial charge on any atom is -0.169 e. The van der Waals surface area contributed by atoms with Crippen LogP contribution >= 0.6 is 23.2 Å². The Kier molecular flexibility index (Phi) is 4.55. The van der Waals surface area contributed by atoms with Crippen molar-refractivity contribution in [3.05, 3.63) is 0 Å². The zero-order chi connectivity index (χ0) is 14.3. The molecule has 0 heterocycles. The molecule has 0 aliphatic carbocycles. The molecule has 0 aromatic rings. The lowest BCUT2D eigenvalue weighted by molar-refractivity contribution is -0.273. The Morgan fingerprint density at radius 1 is 0.765 bits per heavy atom. The van der Waals surface area contributed by atoms with Crippen molar-refractivity contribution in [3.63, 3.8) is 0 Å². The first-order chi connectivity index (χ1) is 7.13. The van der Waals surface area contributed by atoms with Crippen molar-refractivity contribution in [2.75, 3.05) is 0 Å². The molecular weight excluding hydrogens is 314 g/mol. The highest BCUT2D eigenvalue weighted by atomic mass is 35.5. The van der Waals surface area contributed by atoms with Gasteiger partial charge in [0.25, 0.3) is 0 Å². The van der Waals surface area contributed by atoms with E-state index in [0.717, 1.165) is 0 Å². The predicted octanol–water partition coefficient (Wildman–Crippen LogP) is 4.65. The van der Waals surface area contributed by atoms with Crippen LogP contribution in [0.3, 0.4) is 0 Å². The second kappa shape index (κ2) is 4.56. The summed E-state index contributed by atoms with van der Waals surface area (Å²) in [6, 6.07) is 0. The summed E-state index contributed by atoms with van der Waals surface area (Å²) >= 11 is 8.70. The van der Waals surface area contributed by atoms with E-state index >= 15 is 0 Å². The molecule has 0 rings (SSSR count). The number of rotatable bonds is 2. The predicted molar refractivity (Wildman–Crippen MR) is 41.0 cm³/mol. The van der Waals surface area contributed by atoms with Crippen LogP contribution in [-0.4, -0.2) is 28.8 Å². The van der Waals surface area contributed by atoms with E-state index in [1.165, 1.54) is 0 Å². The molecule has 0 aromatic heterocycles. The van der Waals surface area contributed by atoms with E-state index in [1.807, 2.05) is 0 Å². The zero-order valence-corrected chi connectivity index (χ0v) is 8.95. The Labute approximate surface area is 98.7 Å². The number of alkyl halides is 11. The first kappa shape index (κ1) is 16.9. The normalized spacial score (nSPS) is 17.1. The van der Waals surface area contributed by atoms with Crippen LogP contribution in [-0.2, 0) is 0 Å². The Bertz CT molecular complexity index is 248. The summed E-state index contributed by atoms with van der Waals surface area (Å²) in [4.78, 5) is -5.03. The summed E-state index contributed by atoms with van der Waals surface area (Å²) in [6.45, 7) is 0. The van der Waals surface area contributed by atoms with Gasteiger partial charge in [-0.3, -0.25) is 0 Å². The fourth-order valence-electron chi connectivity index (χ4n) is 0.755. The molecule has 1 atom stereocenters. The highest BCUT2D eigenvalue weighted by Crippen LogP contribution is 2.52. The van der Waals surface area contributed by atoms with Crippen molar-refractivity contribution in [2.45, 2.75) is 35.2 Å². The minimum atomic E-state index is -6.11. The third-order valence-corrected chi connectivity index (χ3v) is 2.70. The maximum absolute atomic E-state index is 12.1. The smallest absolute Gasteiger partial charge is 0.169 e. The van der Waals surface area contributed by atoms with Crippen LogP contribution in [0, 0.1) is 0 Å². The third kappa shape index (κ3) is 3.70. The lowest BCUT2D eigenvalue weighted by Gasteiger charge is -2.33. The molecule has 0 radical (unpaired) electrons. The van der Waals surface area contributed by atoms with Crippen molar-refractivity contribution in [2.24, 2.45) is 0 Å². The average molecular weight is 317 g/mol. The van der Waals surface area contributed by atoms with Gasteiger partial charge in [-0.15, -0.1) is 11.6 Å². The standard InChI is InChI=1S/C6H3Cl2F9/c7-2(4(9,10)11)1-3(8,5(12,13)14)6(15,16)17/h2H,1H2. The molecular formula is C6H3Cl2F9. The Hall–Kier alpha value is -0.0500. The van der Waals surface area contributed by atoms with Crippen LogP contribution < -0.4 is 0 Å². The Balaban J connectivity index is 5.27. The van der Waals surface area contributed by atoms with Crippen molar-refractivity contribution < 1.29 is 39.5 Å². The van der Waals surface area contributed by atoms with Gasteiger partial charge >= 0.3 is 18.5 Å². The van der Waals surface area contributed by atoms with Crippen LogP contribution in [0.1, 0.15) is 6.42 Å². The van der Waals surface area contributed by atoms with Crippen LogP contribution in [0.2, 0.25) is 0 Å². The Morgan fingerprint density at radius 3 is 1.24 bits per heavy atom. The molecule has 0 amide bonds. The van der Waals surface area contributed by atoms with Gasteiger partial charge in [-0.25, -0.2) is 0 Å². The Morgan fingerprint density at radius 2 is 1.06 bits per heavy atom. The van der Waals surface area contributed by atoms with Gasteiger partial charge < -0.3 is 0 Å². The van der Waals surface area contributed by atoms with E-state index in [4.69, 9.17) is 0 Å². The van der Waals surface area contributed by atoms with Gasteiger partial charge in [0.05, 0.1) is 0 Å². The van der Waals surface area contributed by atoms with Crippen molar-refractivity contribution in [3.8, 4) is 0 Å². The molecule has 1 unspecified atom stereocenters. The summed E-state index contributed by atoms with van der Waals surface area (Å²) in [5, 5.41) is -3.36. The molecule has 0 aromatic carbocycles. The second-order valence-electron chi connectivity index (χ2n) is 3.01. The van der Waals surface area contributed by atoms with Crippen LogP contribution in [0.15, 0.2) is 0 Å². The van der Waals surface area contributed by atoms with Crippen molar-refractivity contribution >= 4 is 23.2 Å². The van der Waals surface area contributed by atoms with E-state index in [9.17, 15) is 39.5 Å². The van der Waals surface area contributed by atoms with Gasteiger partial charge in [0, 0.05) is 6.42 Å². The maximum atomic E-state index is 12.1. The number of hydrogen-bond acceptors (Lipinski definition) is 0. The molecule has 0 fully saturated rings. The molecule has 11 heteroatoms. The summed E-state index contributed by atoms with van der Waals surface area (Å²) in [6.07, 6.45) is -20.2. The minimum absolute atomic E-state index is 2.55. The van der Waals surface area contributed by atoms with Crippen LogP contribution in [0.25, 0.3) is 0 Å². The zero-order valence-electron chi connectivity index (χ0n) is 7.44. The van der Waals surface area contributed by atoms with Gasteiger partial charge in [0.15, 0.2) is 0 Å². The molecule has 17 heavy (non-hydrogen) atoms. The SMILES string of the molecule is FC(F)(F)C(Cl)CC(Cl)(C(F)(F)F)C(F)(F)F. The summed E-state index contributed by atoms with van der Waals surface area (Å²) in [7, 11) is 0. The molecule has 0 nitrogen and oxygen atoms in total. The highest BCUT2D eigenvalue weighted by Gasteiger charge is 2.71. The van der Waals surface area contributed by atoms with Gasteiger partial charge in [-0.05, 0) is 0 Å². The first-order valence-corrected chi connectivity index (χ1v) is 4.47. The molecule has 0 bridgehead atoms. The maximum Gasteiger partial charge on any atom is 0.416 e. The summed E-state index contributed by atoms with van der Waals surface area (Å²) < 4.78 is 108. The van der Waals surface area contributed by atoms with Gasteiger partial charge in [-0.2, -0.15) is 39.5 Å². The van der Waals surface area contributed by atoms with E-state index < -0.39 is 35.2 Å². The molecule has 0 spiro atoms. The van der Waals surface area contributed by atoms with E-state index in [-0.39, 0.29) is 0 Å². The fraction of sp³-hybridized carbons (Fsp3) is 1.00. The summed E-state index contributed by atoms with van der Waals surface area (Å²) in [5.74, 6) is 0. The van der Waals surface area contributed by atoms with Crippen LogP contribution in [0.4, 0.5) is 39.5 Å².